The quantitative estimate of drug-likeness (QED) is 0.759. The van der Waals surface area contributed by atoms with E-state index >= 15 is 0 Å². The summed E-state index contributed by atoms with van der Waals surface area (Å²) in [7, 11) is 0. The van der Waals surface area contributed by atoms with Gasteiger partial charge in [0.25, 0.3) is 0 Å². The van der Waals surface area contributed by atoms with Crippen molar-refractivity contribution < 1.29 is 14.6 Å². The molecule has 0 saturated carbocycles. The van der Waals surface area contributed by atoms with Crippen molar-refractivity contribution in [2.75, 3.05) is 43.0 Å². The number of rotatable bonds is 6. The van der Waals surface area contributed by atoms with Gasteiger partial charge < -0.3 is 20.1 Å². The Bertz CT molecular complexity index is 874. The Morgan fingerprint density at radius 1 is 1.24 bits per heavy atom. The highest BCUT2D eigenvalue weighted by Crippen LogP contribution is 2.27. The van der Waals surface area contributed by atoms with Crippen LogP contribution in [0.2, 0.25) is 5.02 Å². The number of benzene rings is 2. The van der Waals surface area contributed by atoms with Crippen LogP contribution in [0.5, 0.6) is 5.75 Å². The van der Waals surface area contributed by atoms with Crippen molar-refractivity contribution in [3.8, 4) is 5.75 Å². The summed E-state index contributed by atoms with van der Waals surface area (Å²) < 4.78 is 5.77. The average Bonchev–Trinajstić information content (AvgIpc) is 3.08. The van der Waals surface area contributed by atoms with Gasteiger partial charge >= 0.3 is 0 Å². The summed E-state index contributed by atoms with van der Waals surface area (Å²) in [6.45, 7) is 5.67. The van der Waals surface area contributed by atoms with Gasteiger partial charge in [-0.2, -0.15) is 0 Å². The number of hydrogen-bond donors (Lipinski definition) is 2. The number of ether oxygens (including phenoxy) is 1. The number of fused-ring (bicyclic) bond motifs is 1. The van der Waals surface area contributed by atoms with E-state index in [1.54, 1.807) is 0 Å². The molecule has 6 nitrogen and oxygen atoms in total. The lowest BCUT2D eigenvalue weighted by Gasteiger charge is -2.41. The number of carbonyl (C=O) groups is 1. The van der Waals surface area contributed by atoms with E-state index in [9.17, 15) is 9.90 Å². The molecule has 2 aliphatic heterocycles. The van der Waals surface area contributed by atoms with Crippen LogP contribution < -0.4 is 15.0 Å². The van der Waals surface area contributed by atoms with Crippen LogP contribution in [0.15, 0.2) is 42.5 Å². The second-order valence-electron chi connectivity index (χ2n) is 7.78. The smallest absolute Gasteiger partial charge is 0.228 e. The van der Waals surface area contributed by atoms with Crippen LogP contribution in [-0.4, -0.2) is 60.8 Å². The first-order chi connectivity index (χ1) is 14.0. The van der Waals surface area contributed by atoms with Crippen LogP contribution in [0.1, 0.15) is 12.5 Å². The third-order valence-electron chi connectivity index (χ3n) is 5.55. The lowest BCUT2D eigenvalue weighted by Crippen LogP contribution is -2.54. The predicted molar refractivity (Wildman–Crippen MR) is 115 cm³/mol. The van der Waals surface area contributed by atoms with E-state index in [0.717, 1.165) is 35.9 Å². The largest absolute Gasteiger partial charge is 0.491 e. The standard InChI is InChI=1S/C22H26ClN3O3/c1-15-12-26(18-4-2-17(23)3-5-18)9-8-25(15)13-19(27)14-29-20-6-7-21-16(10-20)11-22(28)24-21/h2-7,10,15,19,27H,8-9,11-14H2,1H3,(H,24,28). The fourth-order valence-electron chi connectivity index (χ4n) is 3.96. The highest BCUT2D eigenvalue weighted by atomic mass is 35.5. The van der Waals surface area contributed by atoms with Gasteiger partial charge in [-0.3, -0.25) is 9.69 Å². The first kappa shape index (κ1) is 20.0. The van der Waals surface area contributed by atoms with E-state index < -0.39 is 6.10 Å². The van der Waals surface area contributed by atoms with Crippen LogP contribution in [0, 0.1) is 0 Å². The number of carbonyl (C=O) groups excluding carboxylic acids is 1. The molecular weight excluding hydrogens is 390 g/mol. The van der Waals surface area contributed by atoms with E-state index in [4.69, 9.17) is 16.3 Å². The molecule has 2 N–H and O–H groups in total. The summed E-state index contributed by atoms with van der Waals surface area (Å²) in [4.78, 5) is 16.1. The van der Waals surface area contributed by atoms with Crippen molar-refractivity contribution in [1.29, 1.82) is 0 Å². The van der Waals surface area contributed by atoms with Crippen LogP contribution in [0.3, 0.4) is 0 Å². The summed E-state index contributed by atoms with van der Waals surface area (Å²) >= 11 is 5.98. The summed E-state index contributed by atoms with van der Waals surface area (Å²) in [6.07, 6.45) is -0.197. The van der Waals surface area contributed by atoms with E-state index in [-0.39, 0.29) is 12.5 Å². The molecule has 7 heteroatoms. The molecule has 0 radical (unpaired) electrons. The topological polar surface area (TPSA) is 65.0 Å². The zero-order valence-electron chi connectivity index (χ0n) is 16.5. The van der Waals surface area contributed by atoms with Gasteiger partial charge in [-0.05, 0) is 55.0 Å². The maximum atomic E-state index is 11.5. The number of anilines is 2. The number of aliphatic hydroxyl groups is 1. The van der Waals surface area contributed by atoms with Crippen LogP contribution in [0.25, 0.3) is 0 Å². The maximum absolute atomic E-state index is 11.5. The van der Waals surface area contributed by atoms with Crippen molar-refractivity contribution >= 4 is 28.9 Å². The molecule has 0 aromatic heterocycles. The number of piperazine rings is 1. The molecular formula is C22H26ClN3O3. The van der Waals surface area contributed by atoms with E-state index in [1.807, 2.05) is 42.5 Å². The van der Waals surface area contributed by atoms with Crippen molar-refractivity contribution in [3.63, 3.8) is 0 Å². The molecule has 2 aromatic rings. The minimum Gasteiger partial charge on any atom is -0.491 e. The van der Waals surface area contributed by atoms with E-state index in [0.29, 0.717) is 24.8 Å². The van der Waals surface area contributed by atoms with Crippen molar-refractivity contribution in [2.24, 2.45) is 0 Å². The van der Waals surface area contributed by atoms with Crippen molar-refractivity contribution in [1.82, 2.24) is 4.90 Å². The number of aliphatic hydroxyl groups excluding tert-OH is 1. The lowest BCUT2D eigenvalue weighted by molar-refractivity contribution is -0.115. The summed E-state index contributed by atoms with van der Waals surface area (Å²) in [5.41, 5.74) is 2.96. The summed E-state index contributed by atoms with van der Waals surface area (Å²) in [5.74, 6) is 0.684. The van der Waals surface area contributed by atoms with Gasteiger partial charge in [0.1, 0.15) is 18.5 Å². The minimum absolute atomic E-state index is 0.00362. The Morgan fingerprint density at radius 2 is 2.03 bits per heavy atom. The number of halogens is 1. The van der Waals surface area contributed by atoms with Gasteiger partial charge in [0.15, 0.2) is 0 Å². The van der Waals surface area contributed by atoms with Crippen LogP contribution in [0.4, 0.5) is 11.4 Å². The Kier molecular flexibility index (Phi) is 5.94. The maximum Gasteiger partial charge on any atom is 0.228 e. The molecule has 1 saturated heterocycles. The molecule has 0 spiro atoms. The summed E-state index contributed by atoms with van der Waals surface area (Å²) in [6, 6.07) is 13.8. The predicted octanol–water partition coefficient (Wildman–Crippen LogP) is 2.79. The zero-order valence-corrected chi connectivity index (χ0v) is 17.2. The molecule has 2 heterocycles. The monoisotopic (exact) mass is 415 g/mol. The van der Waals surface area contributed by atoms with Gasteiger partial charge in [-0.1, -0.05) is 11.6 Å². The summed E-state index contributed by atoms with van der Waals surface area (Å²) in [5, 5.41) is 14.0. The van der Waals surface area contributed by atoms with Crippen molar-refractivity contribution in [3.05, 3.63) is 53.1 Å². The van der Waals surface area contributed by atoms with Crippen molar-refractivity contribution in [2.45, 2.75) is 25.5 Å². The molecule has 1 amide bonds. The molecule has 2 atom stereocenters. The second-order valence-corrected chi connectivity index (χ2v) is 8.21. The van der Waals surface area contributed by atoms with Gasteiger partial charge in [0.2, 0.25) is 5.91 Å². The third kappa shape index (κ3) is 4.83. The van der Waals surface area contributed by atoms with Gasteiger partial charge in [0, 0.05) is 48.6 Å². The highest BCUT2D eigenvalue weighted by Gasteiger charge is 2.26. The molecule has 0 bridgehead atoms. The number of amides is 1. The van der Waals surface area contributed by atoms with Crippen LogP contribution in [-0.2, 0) is 11.2 Å². The van der Waals surface area contributed by atoms with Crippen LogP contribution >= 0.6 is 11.6 Å². The van der Waals surface area contributed by atoms with E-state index in [1.165, 1.54) is 5.69 Å². The fraction of sp³-hybridized carbons (Fsp3) is 0.409. The first-order valence-electron chi connectivity index (χ1n) is 9.96. The number of hydrogen-bond acceptors (Lipinski definition) is 5. The molecule has 29 heavy (non-hydrogen) atoms. The molecule has 4 rings (SSSR count). The number of nitrogens with one attached hydrogen (secondary N) is 1. The van der Waals surface area contributed by atoms with Gasteiger partial charge in [-0.25, -0.2) is 0 Å². The number of β-amino-alcohol motifs (C(OH)–C–C–N with tert-alkyl or cyclic N) is 1. The SMILES string of the molecule is CC1CN(c2ccc(Cl)cc2)CCN1CC(O)COc1ccc2c(c1)CC(=O)N2. The molecule has 2 unspecified atom stereocenters. The van der Waals surface area contributed by atoms with Gasteiger partial charge in [0.05, 0.1) is 6.42 Å². The lowest BCUT2D eigenvalue weighted by atomic mass is 10.1. The fourth-order valence-corrected chi connectivity index (χ4v) is 4.09. The highest BCUT2D eigenvalue weighted by molar-refractivity contribution is 6.30. The Labute approximate surface area is 176 Å². The van der Waals surface area contributed by atoms with Gasteiger partial charge in [-0.15, -0.1) is 0 Å². The Morgan fingerprint density at radius 3 is 2.79 bits per heavy atom. The third-order valence-corrected chi connectivity index (χ3v) is 5.80. The minimum atomic E-state index is -0.576. The molecule has 2 aliphatic rings. The van der Waals surface area contributed by atoms with E-state index in [2.05, 4.69) is 22.0 Å². The normalized spacial score (nSPS) is 20.3. The Hall–Kier alpha value is -2.28. The second kappa shape index (κ2) is 8.61. The zero-order chi connectivity index (χ0) is 20.4. The first-order valence-corrected chi connectivity index (χ1v) is 10.3. The average molecular weight is 416 g/mol. The molecule has 1 fully saturated rings. The Balaban J connectivity index is 1.26. The molecule has 0 aliphatic carbocycles. The molecule has 2 aromatic carbocycles. The molecule has 154 valence electrons. The number of nitrogens with zero attached hydrogens (tertiary/aromatic N) is 2.